The number of nitrogens with one attached hydrogen (secondary N) is 2. The molecule has 2 atom stereocenters. The first kappa shape index (κ1) is 23.1. The van der Waals surface area contributed by atoms with E-state index in [4.69, 9.17) is 9.40 Å². The van der Waals surface area contributed by atoms with Gasteiger partial charge in [-0.05, 0) is 55.5 Å². The summed E-state index contributed by atoms with van der Waals surface area (Å²) in [5.41, 5.74) is 3.72. The number of amides is 1. The maximum absolute atomic E-state index is 13.0. The highest BCUT2D eigenvalue weighted by molar-refractivity contribution is 6.00. The first-order chi connectivity index (χ1) is 18.1. The van der Waals surface area contributed by atoms with Crippen LogP contribution in [0.25, 0.3) is 11.5 Å². The van der Waals surface area contributed by atoms with Crippen LogP contribution in [0.4, 0.5) is 17.5 Å². The molecule has 0 spiro atoms. The van der Waals surface area contributed by atoms with Gasteiger partial charge in [0.05, 0.1) is 23.8 Å². The molecule has 188 valence electrons. The molecule has 0 saturated carbocycles. The van der Waals surface area contributed by atoms with Gasteiger partial charge in [-0.15, -0.1) is 10.2 Å². The number of aliphatic hydroxyl groups excluding tert-OH is 1. The van der Waals surface area contributed by atoms with Crippen molar-refractivity contribution in [3.05, 3.63) is 77.8 Å². The fraction of sp³-hybridized carbons (Fsp3) is 0.296. The minimum Gasteiger partial charge on any atom is -0.423 e. The predicted molar refractivity (Wildman–Crippen MR) is 137 cm³/mol. The van der Waals surface area contributed by atoms with Crippen molar-refractivity contribution >= 4 is 23.4 Å². The minimum absolute atomic E-state index is 0.103. The number of carbonyl (C=O) groups is 1. The second-order valence-corrected chi connectivity index (χ2v) is 9.56. The molecule has 6 rings (SSSR count). The fourth-order valence-corrected chi connectivity index (χ4v) is 5.34. The lowest BCUT2D eigenvalue weighted by Crippen LogP contribution is -2.44. The van der Waals surface area contributed by atoms with Crippen molar-refractivity contribution in [2.45, 2.75) is 37.8 Å². The van der Waals surface area contributed by atoms with Crippen LogP contribution in [0.3, 0.4) is 0 Å². The third-order valence-electron chi connectivity index (χ3n) is 7.30. The van der Waals surface area contributed by atoms with E-state index in [9.17, 15) is 9.90 Å². The summed E-state index contributed by atoms with van der Waals surface area (Å²) in [7, 11) is 0. The summed E-state index contributed by atoms with van der Waals surface area (Å²) in [6.45, 7) is 2.79. The fourth-order valence-electron chi connectivity index (χ4n) is 5.34. The Bertz CT molecular complexity index is 1430. The second kappa shape index (κ2) is 9.29. The SMILES string of the molecule is CC12CCCCN1C(=O)c1ccc(Nc3ncc(-c4nnco4)c(N[C@H](CO)c4ccccc4)n3)cc12. The number of aromatic nitrogens is 4. The molecule has 2 aromatic carbocycles. The highest BCUT2D eigenvalue weighted by Gasteiger charge is 2.47. The van der Waals surface area contributed by atoms with Crippen molar-refractivity contribution in [3.8, 4) is 11.5 Å². The van der Waals surface area contributed by atoms with E-state index in [0.717, 1.165) is 48.2 Å². The molecule has 2 aromatic heterocycles. The normalized spacial score (nSPS) is 19.3. The van der Waals surface area contributed by atoms with Crippen molar-refractivity contribution in [3.63, 3.8) is 0 Å². The molecule has 1 amide bonds. The van der Waals surface area contributed by atoms with E-state index in [1.807, 2.05) is 53.4 Å². The Labute approximate surface area is 213 Å². The molecule has 4 heterocycles. The first-order valence-electron chi connectivity index (χ1n) is 12.4. The Balaban J connectivity index is 1.33. The highest BCUT2D eigenvalue weighted by atomic mass is 16.4. The van der Waals surface area contributed by atoms with E-state index in [0.29, 0.717) is 17.3 Å². The third kappa shape index (κ3) is 4.09. The molecule has 0 aliphatic carbocycles. The van der Waals surface area contributed by atoms with Gasteiger partial charge in [-0.1, -0.05) is 30.3 Å². The lowest BCUT2D eigenvalue weighted by molar-refractivity contribution is 0.0464. The molecule has 10 nitrogen and oxygen atoms in total. The quantitative estimate of drug-likeness (QED) is 0.343. The number of piperidine rings is 1. The number of nitrogens with zero attached hydrogens (tertiary/aromatic N) is 5. The molecular weight excluding hydrogens is 470 g/mol. The van der Waals surface area contributed by atoms with Gasteiger partial charge in [-0.3, -0.25) is 4.79 Å². The molecule has 2 aliphatic heterocycles. The van der Waals surface area contributed by atoms with E-state index in [1.54, 1.807) is 6.20 Å². The van der Waals surface area contributed by atoms with Gasteiger partial charge in [0.2, 0.25) is 12.3 Å². The number of aliphatic hydroxyl groups is 1. The van der Waals surface area contributed by atoms with E-state index < -0.39 is 6.04 Å². The standard InChI is InChI=1S/C27H27N7O3/c1-27-11-5-6-12-34(27)25(36)19-10-9-18(13-21(19)27)30-26-28-14-20(24-33-29-16-37-24)23(32-26)31-22(15-35)17-7-3-2-4-8-17/h2-4,7-10,13-14,16,22,35H,5-6,11-12,15H2,1H3,(H2,28,30,31,32)/t22-,27?/m1/s1. The van der Waals surface area contributed by atoms with Crippen LogP contribution in [-0.4, -0.2) is 49.2 Å². The molecule has 1 fully saturated rings. The summed E-state index contributed by atoms with van der Waals surface area (Å²) in [6.07, 6.45) is 5.92. The number of rotatable bonds is 7. The Morgan fingerprint density at radius 3 is 2.81 bits per heavy atom. The molecule has 1 unspecified atom stereocenters. The average molecular weight is 498 g/mol. The molecule has 4 aromatic rings. The molecule has 37 heavy (non-hydrogen) atoms. The maximum atomic E-state index is 13.0. The first-order valence-corrected chi connectivity index (χ1v) is 12.4. The van der Waals surface area contributed by atoms with Crippen LogP contribution >= 0.6 is 0 Å². The predicted octanol–water partition coefficient (Wildman–Crippen LogP) is 4.27. The van der Waals surface area contributed by atoms with Crippen LogP contribution in [0.1, 0.15) is 53.7 Å². The van der Waals surface area contributed by atoms with Crippen LogP contribution in [0, 0.1) is 0 Å². The summed E-state index contributed by atoms with van der Waals surface area (Å²) in [6, 6.07) is 15.0. The summed E-state index contributed by atoms with van der Waals surface area (Å²) < 4.78 is 5.40. The Morgan fingerprint density at radius 2 is 2.03 bits per heavy atom. The topological polar surface area (TPSA) is 129 Å². The van der Waals surface area contributed by atoms with Crippen LogP contribution in [0.5, 0.6) is 0 Å². The van der Waals surface area contributed by atoms with Crippen molar-refractivity contribution < 1.29 is 14.3 Å². The molecule has 0 radical (unpaired) electrons. The Kier molecular flexibility index (Phi) is 5.80. The van der Waals surface area contributed by atoms with Gasteiger partial charge in [-0.25, -0.2) is 4.98 Å². The van der Waals surface area contributed by atoms with Gasteiger partial charge in [-0.2, -0.15) is 4.98 Å². The Hall–Kier alpha value is -4.31. The molecule has 0 bridgehead atoms. The van der Waals surface area contributed by atoms with Gasteiger partial charge >= 0.3 is 0 Å². The number of hydrogen-bond acceptors (Lipinski definition) is 9. The summed E-state index contributed by atoms with van der Waals surface area (Å²) in [4.78, 5) is 24.2. The summed E-state index contributed by atoms with van der Waals surface area (Å²) in [5, 5.41) is 24.4. The van der Waals surface area contributed by atoms with E-state index >= 15 is 0 Å². The van der Waals surface area contributed by atoms with Gasteiger partial charge in [0.1, 0.15) is 5.82 Å². The van der Waals surface area contributed by atoms with Gasteiger partial charge < -0.3 is 25.1 Å². The summed E-state index contributed by atoms with van der Waals surface area (Å²) in [5.74, 6) is 1.16. The number of benzene rings is 2. The molecular formula is C27H27N7O3. The molecule has 1 saturated heterocycles. The maximum Gasteiger partial charge on any atom is 0.254 e. The van der Waals surface area contributed by atoms with Crippen molar-refractivity contribution in [1.82, 2.24) is 25.1 Å². The lowest BCUT2D eigenvalue weighted by Gasteiger charge is -2.40. The zero-order valence-electron chi connectivity index (χ0n) is 20.4. The van der Waals surface area contributed by atoms with E-state index in [1.165, 1.54) is 6.39 Å². The third-order valence-corrected chi connectivity index (χ3v) is 7.30. The van der Waals surface area contributed by atoms with E-state index in [-0.39, 0.29) is 23.9 Å². The average Bonchev–Trinajstić information content (AvgIpc) is 3.54. The van der Waals surface area contributed by atoms with Gasteiger partial charge in [0.25, 0.3) is 11.8 Å². The van der Waals surface area contributed by atoms with Crippen LogP contribution in [-0.2, 0) is 5.54 Å². The molecule has 10 heteroatoms. The zero-order valence-corrected chi connectivity index (χ0v) is 20.4. The number of hydrogen-bond donors (Lipinski definition) is 3. The lowest BCUT2D eigenvalue weighted by atomic mass is 9.84. The van der Waals surface area contributed by atoms with Gasteiger partial charge in [0.15, 0.2) is 0 Å². The van der Waals surface area contributed by atoms with Gasteiger partial charge in [0, 0.05) is 24.0 Å². The zero-order chi connectivity index (χ0) is 25.4. The number of carbonyl (C=O) groups excluding carboxylic acids is 1. The number of anilines is 3. The Morgan fingerprint density at radius 1 is 1.16 bits per heavy atom. The smallest absolute Gasteiger partial charge is 0.254 e. The molecule has 2 aliphatic rings. The van der Waals surface area contributed by atoms with Crippen LogP contribution in [0.15, 0.2) is 65.5 Å². The van der Waals surface area contributed by atoms with E-state index in [2.05, 4.69) is 32.7 Å². The monoisotopic (exact) mass is 497 g/mol. The van der Waals surface area contributed by atoms with Crippen molar-refractivity contribution in [2.24, 2.45) is 0 Å². The largest absolute Gasteiger partial charge is 0.423 e. The second-order valence-electron chi connectivity index (χ2n) is 9.56. The number of fused-ring (bicyclic) bond motifs is 3. The summed E-state index contributed by atoms with van der Waals surface area (Å²) >= 11 is 0. The van der Waals surface area contributed by atoms with Crippen molar-refractivity contribution in [1.29, 1.82) is 0 Å². The highest BCUT2D eigenvalue weighted by Crippen LogP contribution is 2.46. The van der Waals surface area contributed by atoms with Crippen LogP contribution < -0.4 is 10.6 Å². The molecule has 3 N–H and O–H groups in total. The van der Waals surface area contributed by atoms with Crippen LogP contribution in [0.2, 0.25) is 0 Å². The minimum atomic E-state index is -0.408. The van der Waals surface area contributed by atoms with Crippen molar-refractivity contribution in [2.75, 3.05) is 23.8 Å².